The van der Waals surface area contributed by atoms with Gasteiger partial charge in [-0.25, -0.2) is 0 Å². The number of nitrogens with two attached hydrogens (primary N) is 1. The SMILES string of the molecule is CC1CCNC1C(=O)N[C@H](C)C(N)=O. The maximum Gasteiger partial charge on any atom is 0.239 e. The Labute approximate surface area is 83.4 Å². The van der Waals surface area contributed by atoms with E-state index in [0.717, 1.165) is 13.0 Å². The largest absolute Gasteiger partial charge is 0.368 e. The van der Waals surface area contributed by atoms with Crippen LogP contribution in [-0.4, -0.2) is 30.4 Å². The molecule has 80 valence electrons. The van der Waals surface area contributed by atoms with Crippen molar-refractivity contribution < 1.29 is 9.59 Å². The van der Waals surface area contributed by atoms with Crippen molar-refractivity contribution in [1.82, 2.24) is 10.6 Å². The Morgan fingerprint density at radius 1 is 1.57 bits per heavy atom. The minimum Gasteiger partial charge on any atom is -0.368 e. The summed E-state index contributed by atoms with van der Waals surface area (Å²) in [6, 6.07) is -0.783. The van der Waals surface area contributed by atoms with Gasteiger partial charge in [0.15, 0.2) is 0 Å². The second-order valence-corrected chi connectivity index (χ2v) is 3.83. The minimum absolute atomic E-state index is 0.138. The highest BCUT2D eigenvalue weighted by Gasteiger charge is 2.30. The molecule has 4 N–H and O–H groups in total. The maximum absolute atomic E-state index is 11.6. The summed E-state index contributed by atoms with van der Waals surface area (Å²) in [5.41, 5.74) is 5.04. The Morgan fingerprint density at radius 3 is 2.64 bits per heavy atom. The molecule has 0 bridgehead atoms. The summed E-state index contributed by atoms with van der Waals surface area (Å²) < 4.78 is 0. The molecule has 5 nitrogen and oxygen atoms in total. The molecule has 0 aromatic heterocycles. The smallest absolute Gasteiger partial charge is 0.239 e. The van der Waals surface area contributed by atoms with E-state index in [9.17, 15) is 9.59 Å². The third kappa shape index (κ3) is 2.45. The normalized spacial score (nSPS) is 28.4. The first kappa shape index (κ1) is 11.0. The maximum atomic E-state index is 11.6. The average molecular weight is 199 g/mol. The number of carbonyl (C=O) groups excluding carboxylic acids is 2. The molecule has 14 heavy (non-hydrogen) atoms. The van der Waals surface area contributed by atoms with Gasteiger partial charge in [-0.05, 0) is 25.8 Å². The van der Waals surface area contributed by atoms with Crippen LogP contribution in [0.1, 0.15) is 20.3 Å². The molecule has 1 aliphatic heterocycles. The number of primary amides is 1. The summed E-state index contributed by atoms with van der Waals surface area (Å²) in [4.78, 5) is 22.3. The second-order valence-electron chi connectivity index (χ2n) is 3.83. The van der Waals surface area contributed by atoms with E-state index in [1.807, 2.05) is 6.92 Å². The van der Waals surface area contributed by atoms with Crippen molar-refractivity contribution in [2.75, 3.05) is 6.54 Å². The minimum atomic E-state index is -0.600. The first-order valence-electron chi connectivity index (χ1n) is 4.85. The molecule has 1 aliphatic rings. The molecule has 3 atom stereocenters. The highest BCUT2D eigenvalue weighted by Crippen LogP contribution is 2.14. The Balaban J connectivity index is 2.45. The van der Waals surface area contributed by atoms with Crippen LogP contribution in [0.2, 0.25) is 0 Å². The van der Waals surface area contributed by atoms with Crippen LogP contribution in [0.5, 0.6) is 0 Å². The van der Waals surface area contributed by atoms with Gasteiger partial charge in [-0.1, -0.05) is 6.92 Å². The topological polar surface area (TPSA) is 84.2 Å². The molecule has 1 fully saturated rings. The molecule has 1 saturated heterocycles. The summed E-state index contributed by atoms with van der Waals surface area (Å²) in [5.74, 6) is -0.333. The van der Waals surface area contributed by atoms with Gasteiger partial charge in [-0.2, -0.15) is 0 Å². The number of hydrogen-bond donors (Lipinski definition) is 3. The van der Waals surface area contributed by atoms with Crippen LogP contribution in [0, 0.1) is 5.92 Å². The first-order chi connectivity index (χ1) is 6.52. The quantitative estimate of drug-likeness (QED) is 0.543. The monoisotopic (exact) mass is 199 g/mol. The van der Waals surface area contributed by atoms with Crippen molar-refractivity contribution in [3.8, 4) is 0 Å². The second kappa shape index (κ2) is 4.41. The summed E-state index contributed by atoms with van der Waals surface area (Å²) in [6.45, 7) is 4.45. The molecule has 0 aromatic carbocycles. The van der Waals surface area contributed by atoms with Gasteiger partial charge in [-0.15, -0.1) is 0 Å². The Bertz CT molecular complexity index is 242. The van der Waals surface area contributed by atoms with Crippen LogP contribution >= 0.6 is 0 Å². The van der Waals surface area contributed by atoms with Gasteiger partial charge in [0.25, 0.3) is 0 Å². The van der Waals surface area contributed by atoms with Gasteiger partial charge in [-0.3, -0.25) is 9.59 Å². The van der Waals surface area contributed by atoms with E-state index in [2.05, 4.69) is 10.6 Å². The summed E-state index contributed by atoms with van der Waals surface area (Å²) >= 11 is 0. The number of hydrogen-bond acceptors (Lipinski definition) is 3. The molecule has 2 amide bonds. The van der Waals surface area contributed by atoms with Crippen molar-refractivity contribution in [2.24, 2.45) is 11.7 Å². The van der Waals surface area contributed by atoms with Crippen LogP contribution < -0.4 is 16.4 Å². The van der Waals surface area contributed by atoms with E-state index in [1.165, 1.54) is 0 Å². The van der Waals surface area contributed by atoms with Gasteiger partial charge in [0.1, 0.15) is 6.04 Å². The number of nitrogens with one attached hydrogen (secondary N) is 2. The van der Waals surface area contributed by atoms with Crippen LogP contribution in [0.15, 0.2) is 0 Å². The predicted octanol–water partition coefficient (Wildman–Crippen LogP) is -1.03. The fraction of sp³-hybridized carbons (Fsp3) is 0.778. The zero-order valence-corrected chi connectivity index (χ0v) is 8.54. The Kier molecular flexibility index (Phi) is 3.46. The van der Waals surface area contributed by atoms with Crippen molar-refractivity contribution in [2.45, 2.75) is 32.4 Å². The molecule has 0 aromatic rings. The molecule has 0 radical (unpaired) electrons. The standard InChI is InChI=1S/C9H17N3O2/c1-5-3-4-11-7(5)9(14)12-6(2)8(10)13/h5-7,11H,3-4H2,1-2H3,(H2,10,13)(H,12,14)/t5?,6-,7?/m1/s1. The molecule has 0 aliphatic carbocycles. The van der Waals surface area contributed by atoms with Gasteiger partial charge in [0.2, 0.25) is 11.8 Å². The van der Waals surface area contributed by atoms with Crippen molar-refractivity contribution >= 4 is 11.8 Å². The lowest BCUT2D eigenvalue weighted by Gasteiger charge is -2.17. The molecule has 1 heterocycles. The van der Waals surface area contributed by atoms with E-state index in [-0.39, 0.29) is 11.9 Å². The summed E-state index contributed by atoms with van der Waals surface area (Å²) in [7, 11) is 0. The van der Waals surface area contributed by atoms with Crippen LogP contribution in [0.25, 0.3) is 0 Å². The van der Waals surface area contributed by atoms with E-state index in [1.54, 1.807) is 6.92 Å². The fourth-order valence-corrected chi connectivity index (χ4v) is 1.56. The van der Waals surface area contributed by atoms with Gasteiger partial charge < -0.3 is 16.4 Å². The number of amides is 2. The van der Waals surface area contributed by atoms with Crippen molar-refractivity contribution in [3.63, 3.8) is 0 Å². The predicted molar refractivity (Wildman–Crippen MR) is 52.4 cm³/mol. The number of rotatable bonds is 3. The molecule has 2 unspecified atom stereocenters. The zero-order valence-electron chi connectivity index (χ0n) is 8.54. The van der Waals surface area contributed by atoms with Crippen LogP contribution in [0.3, 0.4) is 0 Å². The molecule has 0 spiro atoms. The lowest BCUT2D eigenvalue weighted by Crippen LogP contribution is -2.50. The summed E-state index contributed by atoms with van der Waals surface area (Å²) in [5, 5.41) is 5.66. The molecule has 0 saturated carbocycles. The lowest BCUT2D eigenvalue weighted by molar-refractivity contribution is -0.128. The Hall–Kier alpha value is -1.10. The fourth-order valence-electron chi connectivity index (χ4n) is 1.56. The molecule has 5 heteroatoms. The zero-order chi connectivity index (χ0) is 10.7. The van der Waals surface area contributed by atoms with E-state index >= 15 is 0 Å². The van der Waals surface area contributed by atoms with Gasteiger partial charge in [0, 0.05) is 0 Å². The third-order valence-corrected chi connectivity index (χ3v) is 2.60. The highest BCUT2D eigenvalue weighted by atomic mass is 16.2. The van der Waals surface area contributed by atoms with Gasteiger partial charge in [0.05, 0.1) is 6.04 Å². The van der Waals surface area contributed by atoms with Crippen LogP contribution in [-0.2, 0) is 9.59 Å². The lowest BCUT2D eigenvalue weighted by atomic mass is 10.0. The first-order valence-corrected chi connectivity index (χ1v) is 4.85. The van der Waals surface area contributed by atoms with Gasteiger partial charge >= 0.3 is 0 Å². The van der Waals surface area contributed by atoms with E-state index in [0.29, 0.717) is 5.92 Å². The van der Waals surface area contributed by atoms with E-state index in [4.69, 9.17) is 5.73 Å². The molecular formula is C9H17N3O2. The average Bonchev–Trinajstić information content (AvgIpc) is 2.51. The number of carbonyl (C=O) groups is 2. The van der Waals surface area contributed by atoms with Crippen molar-refractivity contribution in [1.29, 1.82) is 0 Å². The van der Waals surface area contributed by atoms with E-state index < -0.39 is 11.9 Å². The third-order valence-electron chi connectivity index (χ3n) is 2.60. The Morgan fingerprint density at radius 2 is 2.21 bits per heavy atom. The summed E-state index contributed by atoms with van der Waals surface area (Å²) in [6.07, 6.45) is 0.989. The highest BCUT2D eigenvalue weighted by molar-refractivity contribution is 5.89. The van der Waals surface area contributed by atoms with Crippen LogP contribution in [0.4, 0.5) is 0 Å². The van der Waals surface area contributed by atoms with Crippen molar-refractivity contribution in [3.05, 3.63) is 0 Å². The molecular weight excluding hydrogens is 182 g/mol. The molecule has 1 rings (SSSR count).